The molecule has 2 N–H and O–H groups in total. The van der Waals surface area contributed by atoms with Crippen LogP contribution in [0.25, 0.3) is 0 Å². The molecule has 0 radical (unpaired) electrons. The van der Waals surface area contributed by atoms with Crippen molar-refractivity contribution in [1.82, 2.24) is 10.3 Å². The highest BCUT2D eigenvalue weighted by Gasteiger charge is 1.94. The third kappa shape index (κ3) is 2.62. The Morgan fingerprint density at radius 1 is 1.75 bits per heavy atom. The second kappa shape index (κ2) is 4.38. The summed E-state index contributed by atoms with van der Waals surface area (Å²) in [4.78, 5) is 13.8. The molecule has 1 rings (SSSR count). The minimum absolute atomic E-state index is 0.0568. The number of nitrogens with one attached hydrogen (secondary N) is 2. The number of hydrogen-bond acceptors (Lipinski definition) is 1. The van der Waals surface area contributed by atoms with Crippen molar-refractivity contribution in [1.29, 1.82) is 0 Å². The van der Waals surface area contributed by atoms with E-state index in [4.69, 9.17) is 0 Å². The zero-order valence-corrected chi connectivity index (χ0v) is 7.00. The number of H-pyrrole nitrogens is 1. The second-order valence-corrected chi connectivity index (χ2v) is 2.44. The number of aromatic nitrogens is 1. The van der Waals surface area contributed by atoms with E-state index in [9.17, 15) is 4.79 Å². The van der Waals surface area contributed by atoms with Gasteiger partial charge >= 0.3 is 0 Å². The summed E-state index contributed by atoms with van der Waals surface area (Å²) in [6.07, 6.45) is 6.91. The Balaban J connectivity index is 2.31. The molecule has 0 fully saturated rings. The topological polar surface area (TPSA) is 44.9 Å². The first-order chi connectivity index (χ1) is 5.83. The number of aromatic amines is 1. The van der Waals surface area contributed by atoms with Crippen molar-refractivity contribution in [2.75, 3.05) is 0 Å². The van der Waals surface area contributed by atoms with Crippen LogP contribution in [0.1, 0.15) is 12.5 Å². The zero-order chi connectivity index (χ0) is 8.81. The molecule has 0 aliphatic heterocycles. The van der Waals surface area contributed by atoms with Crippen LogP contribution in [0.15, 0.2) is 30.6 Å². The van der Waals surface area contributed by atoms with E-state index in [1.54, 1.807) is 6.08 Å². The molecule has 3 heteroatoms. The molecule has 1 aromatic heterocycles. The first kappa shape index (κ1) is 8.59. The molecular formula is C9H12N2O. The van der Waals surface area contributed by atoms with E-state index in [-0.39, 0.29) is 5.91 Å². The fraction of sp³-hybridized carbons (Fsp3) is 0.222. The van der Waals surface area contributed by atoms with Gasteiger partial charge in [0, 0.05) is 18.9 Å². The molecule has 12 heavy (non-hydrogen) atoms. The summed E-state index contributed by atoms with van der Waals surface area (Å²) in [5.74, 6) is -0.0568. The van der Waals surface area contributed by atoms with Gasteiger partial charge in [-0.1, -0.05) is 6.08 Å². The molecule has 0 aromatic carbocycles. The van der Waals surface area contributed by atoms with Crippen molar-refractivity contribution in [3.05, 3.63) is 36.2 Å². The monoisotopic (exact) mass is 164 g/mol. The van der Waals surface area contributed by atoms with Gasteiger partial charge in [0.2, 0.25) is 5.91 Å². The van der Waals surface area contributed by atoms with Crippen molar-refractivity contribution in [3.63, 3.8) is 0 Å². The first-order valence-electron chi connectivity index (χ1n) is 3.85. The average Bonchev–Trinajstić information content (AvgIpc) is 2.53. The van der Waals surface area contributed by atoms with E-state index in [2.05, 4.69) is 10.3 Å². The van der Waals surface area contributed by atoms with Crippen molar-refractivity contribution in [3.8, 4) is 0 Å². The molecule has 1 aromatic rings. The molecule has 0 spiro atoms. The van der Waals surface area contributed by atoms with Gasteiger partial charge in [-0.15, -0.1) is 0 Å². The van der Waals surface area contributed by atoms with Crippen LogP contribution in [0.3, 0.4) is 0 Å². The lowest BCUT2D eigenvalue weighted by molar-refractivity contribution is -0.116. The van der Waals surface area contributed by atoms with Gasteiger partial charge < -0.3 is 10.3 Å². The highest BCUT2D eigenvalue weighted by atomic mass is 16.1. The molecule has 0 aliphatic carbocycles. The van der Waals surface area contributed by atoms with Crippen LogP contribution < -0.4 is 5.32 Å². The SMILES string of the molecule is C/C=C/C(=O)NCc1cc[nH]c1. The minimum atomic E-state index is -0.0568. The van der Waals surface area contributed by atoms with Gasteiger partial charge in [-0.2, -0.15) is 0 Å². The maximum absolute atomic E-state index is 10.9. The highest BCUT2D eigenvalue weighted by molar-refractivity contribution is 5.87. The summed E-state index contributed by atoms with van der Waals surface area (Å²) in [6.45, 7) is 2.39. The number of hydrogen-bond donors (Lipinski definition) is 2. The lowest BCUT2D eigenvalue weighted by atomic mass is 10.3. The van der Waals surface area contributed by atoms with Gasteiger partial charge in [0.15, 0.2) is 0 Å². The molecule has 1 heterocycles. The Bertz CT molecular complexity index is 262. The molecule has 0 saturated heterocycles. The quantitative estimate of drug-likeness (QED) is 0.648. The van der Waals surface area contributed by atoms with Gasteiger partial charge in [-0.05, 0) is 24.6 Å². The van der Waals surface area contributed by atoms with Gasteiger partial charge in [0.1, 0.15) is 0 Å². The van der Waals surface area contributed by atoms with Gasteiger partial charge in [0.05, 0.1) is 0 Å². The van der Waals surface area contributed by atoms with E-state index in [1.165, 1.54) is 6.08 Å². The van der Waals surface area contributed by atoms with Crippen molar-refractivity contribution in [2.45, 2.75) is 13.5 Å². The summed E-state index contributed by atoms with van der Waals surface area (Å²) < 4.78 is 0. The summed E-state index contributed by atoms with van der Waals surface area (Å²) in [5, 5.41) is 2.74. The van der Waals surface area contributed by atoms with E-state index in [0.717, 1.165) is 5.56 Å². The second-order valence-electron chi connectivity index (χ2n) is 2.44. The summed E-state index contributed by atoms with van der Waals surface area (Å²) >= 11 is 0. The number of allylic oxidation sites excluding steroid dienone is 1. The Morgan fingerprint density at radius 2 is 2.58 bits per heavy atom. The third-order valence-corrected chi connectivity index (χ3v) is 1.45. The molecule has 3 nitrogen and oxygen atoms in total. The van der Waals surface area contributed by atoms with Gasteiger partial charge in [0.25, 0.3) is 0 Å². The lowest BCUT2D eigenvalue weighted by Crippen LogP contribution is -2.19. The number of amides is 1. The maximum atomic E-state index is 10.9. The molecule has 1 amide bonds. The summed E-state index contributed by atoms with van der Waals surface area (Å²) in [7, 11) is 0. The van der Waals surface area contributed by atoms with Crippen LogP contribution >= 0.6 is 0 Å². The molecule has 0 aliphatic rings. The number of rotatable bonds is 3. The fourth-order valence-electron chi connectivity index (χ4n) is 0.868. The highest BCUT2D eigenvalue weighted by Crippen LogP contribution is 1.94. The van der Waals surface area contributed by atoms with Crippen LogP contribution in [0, 0.1) is 0 Å². The van der Waals surface area contributed by atoms with E-state index < -0.39 is 0 Å². The van der Waals surface area contributed by atoms with Crippen molar-refractivity contribution >= 4 is 5.91 Å². The van der Waals surface area contributed by atoms with Crippen molar-refractivity contribution in [2.24, 2.45) is 0 Å². The summed E-state index contributed by atoms with van der Waals surface area (Å²) in [6, 6.07) is 1.93. The molecule has 64 valence electrons. The van der Waals surface area contributed by atoms with Crippen molar-refractivity contribution < 1.29 is 4.79 Å². The minimum Gasteiger partial charge on any atom is -0.367 e. The van der Waals surface area contributed by atoms with E-state index in [1.807, 2.05) is 25.4 Å². The molecule has 0 atom stereocenters. The average molecular weight is 164 g/mol. The predicted octanol–water partition coefficient (Wildman–Crippen LogP) is 1.21. The summed E-state index contributed by atoms with van der Waals surface area (Å²) in [5.41, 5.74) is 1.08. The normalized spacial score (nSPS) is 10.4. The molecular weight excluding hydrogens is 152 g/mol. The molecule has 0 bridgehead atoms. The van der Waals surface area contributed by atoms with E-state index >= 15 is 0 Å². The van der Waals surface area contributed by atoms with Crippen LogP contribution in [-0.2, 0) is 11.3 Å². The van der Waals surface area contributed by atoms with Crippen LogP contribution in [-0.4, -0.2) is 10.9 Å². The molecule has 0 saturated carbocycles. The standard InChI is InChI=1S/C9H12N2O/c1-2-3-9(12)11-7-8-4-5-10-6-8/h2-6,10H,7H2,1H3,(H,11,12)/b3-2+. The zero-order valence-electron chi connectivity index (χ0n) is 7.00. The Hall–Kier alpha value is -1.51. The van der Waals surface area contributed by atoms with Crippen LogP contribution in [0.2, 0.25) is 0 Å². The van der Waals surface area contributed by atoms with Gasteiger partial charge in [-0.3, -0.25) is 4.79 Å². The van der Waals surface area contributed by atoms with E-state index in [0.29, 0.717) is 6.54 Å². The smallest absolute Gasteiger partial charge is 0.243 e. The first-order valence-corrected chi connectivity index (χ1v) is 3.85. The largest absolute Gasteiger partial charge is 0.367 e. The van der Waals surface area contributed by atoms with Crippen LogP contribution in [0.4, 0.5) is 0 Å². The maximum Gasteiger partial charge on any atom is 0.243 e. The van der Waals surface area contributed by atoms with Crippen LogP contribution in [0.5, 0.6) is 0 Å². The Labute approximate surface area is 71.5 Å². The Morgan fingerprint density at radius 3 is 3.17 bits per heavy atom. The van der Waals surface area contributed by atoms with Gasteiger partial charge in [-0.25, -0.2) is 0 Å². The third-order valence-electron chi connectivity index (χ3n) is 1.45. The Kier molecular flexibility index (Phi) is 3.14. The number of carbonyl (C=O) groups excluding carboxylic acids is 1. The fourth-order valence-corrected chi connectivity index (χ4v) is 0.868. The predicted molar refractivity (Wildman–Crippen MR) is 47.5 cm³/mol. The lowest BCUT2D eigenvalue weighted by Gasteiger charge is -1.97. The molecule has 0 unspecified atom stereocenters. The number of carbonyl (C=O) groups is 1.